The van der Waals surface area contributed by atoms with Crippen molar-refractivity contribution in [2.24, 2.45) is 10.7 Å². The van der Waals surface area contributed by atoms with Gasteiger partial charge in [-0.3, -0.25) is 9.59 Å². The maximum absolute atomic E-state index is 13.7. The molecule has 0 unspecified atom stereocenters. The first-order valence-electron chi connectivity index (χ1n) is 12.4. The van der Waals surface area contributed by atoms with Gasteiger partial charge < -0.3 is 20.4 Å². The van der Waals surface area contributed by atoms with Gasteiger partial charge in [0.15, 0.2) is 0 Å². The molecule has 0 bridgehead atoms. The molecule has 7 nitrogen and oxygen atoms in total. The van der Waals surface area contributed by atoms with Gasteiger partial charge in [-0.05, 0) is 85.8 Å². The fourth-order valence-electron chi connectivity index (χ4n) is 5.28. The molecule has 0 saturated carbocycles. The molecule has 0 radical (unpaired) electrons. The minimum Gasteiger partial charge on any atom is -0.437 e. The van der Waals surface area contributed by atoms with Crippen molar-refractivity contribution in [2.75, 3.05) is 23.3 Å². The number of primary amides is 1. The quantitative estimate of drug-likeness (QED) is 0.422. The summed E-state index contributed by atoms with van der Waals surface area (Å²) in [5.74, 6) is -1.45. The van der Waals surface area contributed by atoms with Crippen molar-refractivity contribution in [1.29, 1.82) is 0 Å². The lowest BCUT2D eigenvalue weighted by atomic mass is 9.90. The molecule has 3 N–H and O–H groups in total. The Hall–Kier alpha value is -4.46. The number of hydrogen-bond donors (Lipinski definition) is 2. The van der Waals surface area contributed by atoms with Crippen LogP contribution in [0.15, 0.2) is 70.1 Å². The first kappa shape index (κ1) is 23.0. The first-order valence-corrected chi connectivity index (χ1v) is 12.4. The van der Waals surface area contributed by atoms with E-state index in [1.165, 1.54) is 29.4 Å². The fourth-order valence-corrected chi connectivity index (χ4v) is 5.28. The van der Waals surface area contributed by atoms with Crippen LogP contribution in [0.5, 0.6) is 0 Å². The summed E-state index contributed by atoms with van der Waals surface area (Å²) in [6.45, 7) is 2.06. The van der Waals surface area contributed by atoms with Crippen LogP contribution in [0.3, 0.4) is 0 Å². The number of anilines is 2. The normalized spacial score (nSPS) is 14.9. The molecule has 3 heterocycles. The molecule has 2 aliphatic rings. The van der Waals surface area contributed by atoms with E-state index in [-0.39, 0.29) is 11.1 Å². The maximum Gasteiger partial charge on any atom is 0.261 e. The number of carbonyl (C=O) groups is 2. The number of fused-ring (bicyclic) bond motifs is 2. The standard InChI is InChI=1S/C29H25FN4O3/c30-20-5-1-6-22(16-20)32-28(36)24-15-19-14-18-4-2-12-34-13-3-7-23(25(18)34)26(19)37-29(24)33-21-10-8-17(9-11-21)27(31)35/h1,5-6,8-11,14-16H,2-4,7,12-13H2,(H2,31,35)(H,32,36). The monoisotopic (exact) mass is 496 g/mol. The summed E-state index contributed by atoms with van der Waals surface area (Å²) in [5.41, 5.74) is 11.3. The average molecular weight is 497 g/mol. The third kappa shape index (κ3) is 4.35. The molecule has 2 aliphatic heterocycles. The number of nitrogens with two attached hydrogens (primary N) is 1. The van der Waals surface area contributed by atoms with E-state index in [0.717, 1.165) is 55.3 Å². The van der Waals surface area contributed by atoms with E-state index in [9.17, 15) is 14.0 Å². The number of rotatable bonds is 4. The van der Waals surface area contributed by atoms with Gasteiger partial charge >= 0.3 is 0 Å². The van der Waals surface area contributed by atoms with Crippen LogP contribution in [-0.4, -0.2) is 24.9 Å². The Kier molecular flexibility index (Phi) is 5.71. The molecule has 0 saturated heterocycles. The number of halogens is 1. The van der Waals surface area contributed by atoms with Crippen molar-refractivity contribution in [3.8, 4) is 0 Å². The van der Waals surface area contributed by atoms with E-state index in [0.29, 0.717) is 16.9 Å². The van der Waals surface area contributed by atoms with Crippen LogP contribution in [0.4, 0.5) is 21.5 Å². The second-order valence-electron chi connectivity index (χ2n) is 9.43. The molecule has 0 aliphatic carbocycles. The average Bonchev–Trinajstić information content (AvgIpc) is 2.89. The predicted octanol–water partition coefficient (Wildman–Crippen LogP) is 4.85. The Bertz CT molecular complexity index is 1620. The van der Waals surface area contributed by atoms with Gasteiger partial charge in [-0.25, -0.2) is 9.38 Å². The van der Waals surface area contributed by atoms with Crippen molar-refractivity contribution < 1.29 is 18.4 Å². The van der Waals surface area contributed by atoms with Crippen molar-refractivity contribution in [3.63, 3.8) is 0 Å². The molecule has 186 valence electrons. The van der Waals surface area contributed by atoms with Crippen LogP contribution < -0.4 is 21.5 Å². The SMILES string of the molecule is NC(=O)c1ccc(N=c2oc3c4c5c(cc3cc2C(=O)Nc2cccc(F)c2)CCCN5CCC4)cc1. The highest BCUT2D eigenvalue weighted by molar-refractivity contribution is 6.06. The third-order valence-corrected chi connectivity index (χ3v) is 6.94. The molecule has 6 rings (SSSR count). The zero-order valence-electron chi connectivity index (χ0n) is 20.1. The summed E-state index contributed by atoms with van der Waals surface area (Å²) >= 11 is 0. The maximum atomic E-state index is 13.7. The van der Waals surface area contributed by atoms with Crippen LogP contribution in [0.2, 0.25) is 0 Å². The summed E-state index contributed by atoms with van der Waals surface area (Å²) in [7, 11) is 0. The van der Waals surface area contributed by atoms with Gasteiger partial charge in [0, 0.05) is 41.0 Å². The third-order valence-electron chi connectivity index (χ3n) is 6.94. The summed E-state index contributed by atoms with van der Waals surface area (Å²) in [4.78, 5) is 31.9. The summed E-state index contributed by atoms with van der Waals surface area (Å²) in [6.07, 6.45) is 4.00. The van der Waals surface area contributed by atoms with Gasteiger partial charge in [-0.1, -0.05) is 6.07 Å². The van der Waals surface area contributed by atoms with Gasteiger partial charge in [0.25, 0.3) is 5.91 Å². The van der Waals surface area contributed by atoms with Crippen molar-refractivity contribution in [1.82, 2.24) is 0 Å². The number of aryl methyl sites for hydroxylation is 2. The summed E-state index contributed by atoms with van der Waals surface area (Å²) in [6, 6.07) is 16.1. The Morgan fingerprint density at radius 1 is 1.00 bits per heavy atom. The fraction of sp³-hybridized carbons (Fsp3) is 0.207. The molecule has 1 aromatic heterocycles. The van der Waals surface area contributed by atoms with E-state index in [4.69, 9.17) is 10.2 Å². The second-order valence-corrected chi connectivity index (χ2v) is 9.43. The molecule has 0 atom stereocenters. The lowest BCUT2D eigenvalue weighted by Crippen LogP contribution is -2.34. The number of hydrogen-bond acceptors (Lipinski definition) is 5. The van der Waals surface area contributed by atoms with E-state index in [1.54, 1.807) is 36.4 Å². The lowest BCUT2D eigenvalue weighted by Gasteiger charge is -2.37. The zero-order chi connectivity index (χ0) is 25.5. The molecule has 0 fully saturated rings. The molecule has 0 spiro atoms. The molecule has 3 aromatic carbocycles. The van der Waals surface area contributed by atoms with E-state index in [2.05, 4.69) is 21.3 Å². The molecule has 8 heteroatoms. The molecule has 2 amide bonds. The predicted molar refractivity (Wildman–Crippen MR) is 140 cm³/mol. The molecule has 4 aromatic rings. The first-order chi connectivity index (χ1) is 18.0. The summed E-state index contributed by atoms with van der Waals surface area (Å²) in [5, 5.41) is 3.59. The number of nitrogens with one attached hydrogen (secondary N) is 1. The largest absolute Gasteiger partial charge is 0.437 e. The van der Waals surface area contributed by atoms with Crippen LogP contribution in [0, 0.1) is 5.82 Å². The number of carbonyl (C=O) groups excluding carboxylic acids is 2. The Labute approximate surface area is 212 Å². The van der Waals surface area contributed by atoms with Crippen LogP contribution >= 0.6 is 0 Å². The number of amides is 2. The smallest absolute Gasteiger partial charge is 0.261 e. The van der Waals surface area contributed by atoms with Gasteiger partial charge in [-0.2, -0.15) is 0 Å². The van der Waals surface area contributed by atoms with Gasteiger partial charge in [-0.15, -0.1) is 0 Å². The topological polar surface area (TPSA) is 101 Å². The van der Waals surface area contributed by atoms with E-state index < -0.39 is 17.6 Å². The number of nitrogens with zero attached hydrogens (tertiary/aromatic N) is 2. The molecular formula is C29H25FN4O3. The Balaban J connectivity index is 1.54. The molecular weight excluding hydrogens is 471 g/mol. The Morgan fingerprint density at radius 2 is 1.78 bits per heavy atom. The zero-order valence-corrected chi connectivity index (χ0v) is 20.1. The van der Waals surface area contributed by atoms with E-state index in [1.807, 2.05) is 0 Å². The Morgan fingerprint density at radius 3 is 2.54 bits per heavy atom. The highest BCUT2D eigenvalue weighted by Crippen LogP contribution is 2.39. The van der Waals surface area contributed by atoms with Crippen molar-refractivity contribution in [3.05, 3.63) is 94.3 Å². The number of benzene rings is 3. The van der Waals surface area contributed by atoms with Gasteiger partial charge in [0.1, 0.15) is 17.0 Å². The molecule has 37 heavy (non-hydrogen) atoms. The highest BCUT2D eigenvalue weighted by Gasteiger charge is 2.27. The van der Waals surface area contributed by atoms with Crippen LogP contribution in [0.1, 0.15) is 44.7 Å². The highest BCUT2D eigenvalue weighted by atomic mass is 19.1. The van der Waals surface area contributed by atoms with Crippen molar-refractivity contribution in [2.45, 2.75) is 25.7 Å². The van der Waals surface area contributed by atoms with E-state index >= 15 is 0 Å². The van der Waals surface area contributed by atoms with Crippen LogP contribution in [-0.2, 0) is 12.8 Å². The van der Waals surface area contributed by atoms with Gasteiger partial charge in [0.2, 0.25) is 11.5 Å². The lowest BCUT2D eigenvalue weighted by molar-refractivity contribution is 0.0997. The minimum absolute atomic E-state index is 0.136. The summed E-state index contributed by atoms with van der Waals surface area (Å²) < 4.78 is 20.1. The van der Waals surface area contributed by atoms with Crippen LogP contribution in [0.25, 0.3) is 11.0 Å². The minimum atomic E-state index is -0.537. The van der Waals surface area contributed by atoms with Gasteiger partial charge in [0.05, 0.1) is 5.69 Å². The van der Waals surface area contributed by atoms with Crippen molar-refractivity contribution >= 4 is 39.8 Å². The second kappa shape index (κ2) is 9.20.